The van der Waals surface area contributed by atoms with Crippen molar-refractivity contribution < 1.29 is 23.1 Å². The Morgan fingerprint density at radius 3 is 1.70 bits per heavy atom. The fourth-order valence-electron chi connectivity index (χ4n) is 3.20. The van der Waals surface area contributed by atoms with E-state index in [9.17, 15) is 23.1 Å². The summed E-state index contributed by atoms with van der Waals surface area (Å²) >= 11 is 0. The molecule has 138 valence electrons. The summed E-state index contributed by atoms with van der Waals surface area (Å²) in [5, 5.41) is 11.7. The van der Waals surface area contributed by atoms with Crippen molar-refractivity contribution in [2.24, 2.45) is 0 Å². The molecule has 0 aliphatic heterocycles. The molecule has 3 aromatic carbocycles. The lowest BCUT2D eigenvalue weighted by atomic mass is 9.88. The number of halogens is 3. The number of carbonyl (C=O) groups excluding carboxylic acids is 1. The van der Waals surface area contributed by atoms with Crippen LogP contribution in [0.3, 0.4) is 0 Å². The number of hydrogen-bond donors (Lipinski definition) is 0. The minimum Gasteiger partial charge on any atom is -0.545 e. The summed E-state index contributed by atoms with van der Waals surface area (Å²) in [7, 11) is 0. The molecule has 0 atom stereocenters. The van der Waals surface area contributed by atoms with Crippen LogP contribution in [0.5, 0.6) is 0 Å². The second-order valence-corrected chi connectivity index (χ2v) is 6.36. The van der Waals surface area contributed by atoms with Crippen LogP contribution < -0.4 is 5.11 Å². The summed E-state index contributed by atoms with van der Waals surface area (Å²) in [4.78, 5) is 11.7. The van der Waals surface area contributed by atoms with Gasteiger partial charge in [0.25, 0.3) is 0 Å². The summed E-state index contributed by atoms with van der Waals surface area (Å²) in [5.41, 5.74) is 0.750. The standard InChI is InChI=1S/C22H17F3O2/c1-13-7-3-5-9-15(13)17-12-20(22(23,24)25)18(11-19(17)21(26)27)16-10-6-4-8-14(16)2/h3-12H,1-2H3,(H,26,27)/p-1. The molecule has 3 rings (SSSR count). The molecule has 0 spiro atoms. The number of alkyl halides is 3. The van der Waals surface area contributed by atoms with Gasteiger partial charge in [0.15, 0.2) is 0 Å². The van der Waals surface area contributed by atoms with Gasteiger partial charge in [0.1, 0.15) is 0 Å². The largest absolute Gasteiger partial charge is 0.545 e. The molecular weight excluding hydrogens is 353 g/mol. The van der Waals surface area contributed by atoms with E-state index in [-0.39, 0.29) is 16.7 Å². The van der Waals surface area contributed by atoms with Crippen LogP contribution in [0.15, 0.2) is 60.7 Å². The molecule has 0 bridgehead atoms. The number of aromatic carboxylic acids is 1. The molecule has 0 N–H and O–H groups in total. The molecule has 2 nitrogen and oxygen atoms in total. The Bertz CT molecular complexity index is 1020. The van der Waals surface area contributed by atoms with Gasteiger partial charge in [0, 0.05) is 5.56 Å². The SMILES string of the molecule is Cc1ccccc1-c1cc(C(F)(F)F)c(-c2ccccc2C)cc1C(=O)[O-]. The molecule has 0 heterocycles. The third-order valence-corrected chi connectivity index (χ3v) is 4.55. The minimum atomic E-state index is -4.64. The van der Waals surface area contributed by atoms with Crippen LogP contribution in [-0.4, -0.2) is 5.97 Å². The van der Waals surface area contributed by atoms with E-state index in [0.717, 1.165) is 12.1 Å². The first-order chi connectivity index (χ1) is 12.7. The van der Waals surface area contributed by atoms with E-state index < -0.39 is 17.7 Å². The highest BCUT2D eigenvalue weighted by Crippen LogP contribution is 2.42. The maximum atomic E-state index is 13.8. The first-order valence-corrected chi connectivity index (χ1v) is 8.28. The van der Waals surface area contributed by atoms with Gasteiger partial charge < -0.3 is 9.90 Å². The third kappa shape index (κ3) is 3.58. The molecule has 0 saturated carbocycles. The average Bonchev–Trinajstić information content (AvgIpc) is 2.61. The Kier molecular flexibility index (Phi) is 4.79. The van der Waals surface area contributed by atoms with Crippen LogP contribution in [0.1, 0.15) is 27.0 Å². The Morgan fingerprint density at radius 2 is 1.26 bits per heavy atom. The monoisotopic (exact) mass is 369 g/mol. The lowest BCUT2D eigenvalue weighted by molar-refractivity contribution is -0.255. The summed E-state index contributed by atoms with van der Waals surface area (Å²) in [5.74, 6) is -1.52. The zero-order valence-electron chi connectivity index (χ0n) is 14.7. The van der Waals surface area contributed by atoms with Crippen molar-refractivity contribution in [2.75, 3.05) is 0 Å². The van der Waals surface area contributed by atoms with Gasteiger partial charge in [0.2, 0.25) is 0 Å². The van der Waals surface area contributed by atoms with Gasteiger partial charge in [0.05, 0.1) is 11.5 Å². The fourth-order valence-corrected chi connectivity index (χ4v) is 3.20. The van der Waals surface area contributed by atoms with Gasteiger partial charge in [-0.15, -0.1) is 0 Å². The molecule has 0 aliphatic carbocycles. The van der Waals surface area contributed by atoms with Crippen molar-refractivity contribution in [3.05, 3.63) is 82.9 Å². The van der Waals surface area contributed by atoms with Crippen LogP contribution in [0.2, 0.25) is 0 Å². The maximum absolute atomic E-state index is 13.8. The fraction of sp³-hybridized carbons (Fsp3) is 0.136. The van der Waals surface area contributed by atoms with Gasteiger partial charge in [-0.1, -0.05) is 48.5 Å². The lowest BCUT2D eigenvalue weighted by Crippen LogP contribution is -2.24. The number of hydrogen-bond acceptors (Lipinski definition) is 2. The van der Waals surface area contributed by atoms with E-state index in [1.165, 1.54) is 0 Å². The number of aryl methyl sites for hydroxylation is 2. The van der Waals surface area contributed by atoms with Crippen LogP contribution in [0.4, 0.5) is 13.2 Å². The second kappa shape index (κ2) is 6.91. The zero-order valence-corrected chi connectivity index (χ0v) is 14.7. The molecule has 0 aliphatic rings. The van der Waals surface area contributed by atoms with Gasteiger partial charge in [-0.25, -0.2) is 0 Å². The molecule has 0 saturated heterocycles. The molecule has 0 aromatic heterocycles. The number of carbonyl (C=O) groups is 1. The molecule has 3 aromatic rings. The van der Waals surface area contributed by atoms with Crippen molar-refractivity contribution in [3.8, 4) is 22.3 Å². The van der Waals surface area contributed by atoms with Crippen LogP contribution >= 0.6 is 0 Å². The predicted molar refractivity (Wildman–Crippen MR) is 96.1 cm³/mol. The normalized spacial score (nSPS) is 11.4. The van der Waals surface area contributed by atoms with Gasteiger partial charge in [-0.3, -0.25) is 0 Å². The zero-order chi connectivity index (χ0) is 19.8. The van der Waals surface area contributed by atoms with E-state index >= 15 is 0 Å². The Balaban J connectivity index is 2.41. The molecule has 5 heteroatoms. The highest BCUT2D eigenvalue weighted by molar-refractivity contribution is 5.98. The van der Waals surface area contributed by atoms with E-state index in [0.29, 0.717) is 22.3 Å². The summed E-state index contributed by atoms with van der Waals surface area (Å²) < 4.78 is 41.5. The summed E-state index contributed by atoms with van der Waals surface area (Å²) in [6, 6.07) is 15.3. The molecule has 27 heavy (non-hydrogen) atoms. The van der Waals surface area contributed by atoms with Gasteiger partial charge >= 0.3 is 6.18 Å². The van der Waals surface area contributed by atoms with E-state index in [2.05, 4.69) is 0 Å². The lowest BCUT2D eigenvalue weighted by Gasteiger charge is -2.21. The van der Waals surface area contributed by atoms with Crippen LogP contribution in [0.25, 0.3) is 22.3 Å². The first kappa shape index (κ1) is 18.7. The highest BCUT2D eigenvalue weighted by atomic mass is 19.4. The Morgan fingerprint density at radius 1 is 0.778 bits per heavy atom. The second-order valence-electron chi connectivity index (χ2n) is 6.36. The number of rotatable bonds is 3. The number of carboxylic acids is 1. The molecule has 0 unspecified atom stereocenters. The summed E-state index contributed by atoms with van der Waals surface area (Å²) in [6.45, 7) is 3.40. The number of carboxylic acid groups (broad SMARTS) is 1. The van der Waals surface area contributed by atoms with E-state index in [1.54, 1.807) is 62.4 Å². The predicted octanol–water partition coefficient (Wildman–Crippen LogP) is 5.02. The van der Waals surface area contributed by atoms with Crippen LogP contribution in [-0.2, 0) is 6.18 Å². The topological polar surface area (TPSA) is 40.1 Å². The molecule has 0 fully saturated rings. The van der Waals surface area contributed by atoms with E-state index in [1.807, 2.05) is 0 Å². The first-order valence-electron chi connectivity index (χ1n) is 8.28. The highest BCUT2D eigenvalue weighted by Gasteiger charge is 2.35. The number of benzene rings is 3. The smallest absolute Gasteiger partial charge is 0.417 e. The molecule has 0 amide bonds. The van der Waals surface area contributed by atoms with Crippen molar-refractivity contribution in [3.63, 3.8) is 0 Å². The third-order valence-electron chi connectivity index (χ3n) is 4.55. The maximum Gasteiger partial charge on any atom is 0.417 e. The van der Waals surface area contributed by atoms with Crippen molar-refractivity contribution in [1.82, 2.24) is 0 Å². The van der Waals surface area contributed by atoms with Crippen molar-refractivity contribution in [1.29, 1.82) is 0 Å². The summed E-state index contributed by atoms with van der Waals surface area (Å²) in [6.07, 6.45) is -4.64. The quantitative estimate of drug-likeness (QED) is 0.650. The van der Waals surface area contributed by atoms with Gasteiger partial charge in [-0.05, 0) is 59.4 Å². The van der Waals surface area contributed by atoms with Crippen molar-refractivity contribution >= 4 is 5.97 Å². The van der Waals surface area contributed by atoms with E-state index in [4.69, 9.17) is 0 Å². The van der Waals surface area contributed by atoms with Crippen molar-refractivity contribution in [2.45, 2.75) is 20.0 Å². The molecule has 0 radical (unpaired) electrons. The minimum absolute atomic E-state index is 0.00207. The Hall–Kier alpha value is -3.08. The van der Waals surface area contributed by atoms with Gasteiger partial charge in [-0.2, -0.15) is 13.2 Å². The average molecular weight is 369 g/mol. The van der Waals surface area contributed by atoms with Crippen LogP contribution in [0, 0.1) is 13.8 Å². The molecular formula is C22H16F3O2-. The Labute approximate surface area is 154 Å².